The fourth-order valence-electron chi connectivity index (χ4n) is 3.36. The summed E-state index contributed by atoms with van der Waals surface area (Å²) in [5.74, 6) is 1.12. The molecule has 0 radical (unpaired) electrons. The van der Waals surface area contributed by atoms with E-state index < -0.39 is 11.9 Å². The number of likely N-dealkylation sites (tertiary alicyclic amines) is 1. The van der Waals surface area contributed by atoms with Crippen molar-refractivity contribution in [3.63, 3.8) is 0 Å². The molecule has 0 spiro atoms. The molecule has 0 amide bonds. The molecule has 0 aromatic carbocycles. The number of hydrogen-bond acceptors (Lipinski definition) is 3. The summed E-state index contributed by atoms with van der Waals surface area (Å²) in [7, 11) is 0. The van der Waals surface area contributed by atoms with Gasteiger partial charge in [0.25, 0.3) is 0 Å². The van der Waals surface area contributed by atoms with E-state index in [0.717, 1.165) is 32.0 Å². The number of H-pyrrole nitrogens is 1. The number of nitrogens with zero attached hydrogens (tertiary/aromatic N) is 2. The Balaban J connectivity index is 0.00000147. The average Bonchev–Trinajstić information content (AvgIpc) is 2.97. The van der Waals surface area contributed by atoms with E-state index in [4.69, 9.17) is 5.73 Å². The molecule has 2 aliphatic rings. The van der Waals surface area contributed by atoms with Crippen molar-refractivity contribution < 1.29 is 13.2 Å². The number of halogens is 4. The summed E-state index contributed by atoms with van der Waals surface area (Å²) in [5.41, 5.74) is 5.71. The molecule has 3 N–H and O–H groups in total. The van der Waals surface area contributed by atoms with Crippen LogP contribution < -0.4 is 5.73 Å². The smallest absolute Gasteiger partial charge is 0.327 e. The molecular formula is C12H18ClF3N4. The van der Waals surface area contributed by atoms with Crippen LogP contribution in [0.2, 0.25) is 0 Å². The van der Waals surface area contributed by atoms with Crippen molar-refractivity contribution in [3.8, 4) is 0 Å². The predicted octanol–water partition coefficient (Wildman–Crippen LogP) is 2.02. The molecule has 3 atom stereocenters. The zero-order valence-corrected chi connectivity index (χ0v) is 11.7. The molecule has 3 unspecified atom stereocenters. The normalized spacial score (nSPS) is 30.3. The van der Waals surface area contributed by atoms with Gasteiger partial charge in [0.1, 0.15) is 0 Å². The topological polar surface area (TPSA) is 57.9 Å². The molecule has 1 aromatic rings. The van der Waals surface area contributed by atoms with Gasteiger partial charge in [0.05, 0.1) is 0 Å². The predicted molar refractivity (Wildman–Crippen MR) is 70.3 cm³/mol. The first-order chi connectivity index (χ1) is 8.93. The number of aromatic nitrogens is 2. The van der Waals surface area contributed by atoms with Gasteiger partial charge in [0.15, 0.2) is 5.69 Å². The van der Waals surface area contributed by atoms with Crippen LogP contribution in [0.3, 0.4) is 0 Å². The Kier molecular flexibility index (Phi) is 4.32. The first-order valence-electron chi connectivity index (χ1n) is 6.53. The van der Waals surface area contributed by atoms with Crippen molar-refractivity contribution in [2.45, 2.75) is 31.6 Å². The summed E-state index contributed by atoms with van der Waals surface area (Å²) >= 11 is 0. The van der Waals surface area contributed by atoms with Crippen LogP contribution in [0.4, 0.5) is 13.2 Å². The van der Waals surface area contributed by atoms with E-state index in [-0.39, 0.29) is 18.4 Å². The van der Waals surface area contributed by atoms with E-state index in [1.165, 1.54) is 0 Å². The van der Waals surface area contributed by atoms with Crippen LogP contribution in [0, 0.1) is 11.8 Å². The van der Waals surface area contributed by atoms with E-state index in [1.54, 1.807) is 0 Å². The van der Waals surface area contributed by atoms with Gasteiger partial charge in [-0.3, -0.25) is 10.00 Å². The molecule has 0 bridgehead atoms. The Morgan fingerprint density at radius 3 is 2.70 bits per heavy atom. The second kappa shape index (κ2) is 5.54. The van der Waals surface area contributed by atoms with Gasteiger partial charge in [0.2, 0.25) is 0 Å². The molecule has 1 saturated carbocycles. The highest BCUT2D eigenvalue weighted by Gasteiger charge is 2.41. The van der Waals surface area contributed by atoms with Gasteiger partial charge in [0, 0.05) is 31.4 Å². The highest BCUT2D eigenvalue weighted by atomic mass is 35.5. The van der Waals surface area contributed by atoms with Crippen LogP contribution in [-0.2, 0) is 12.7 Å². The summed E-state index contributed by atoms with van der Waals surface area (Å²) < 4.78 is 37.3. The van der Waals surface area contributed by atoms with E-state index in [1.807, 2.05) is 0 Å². The SMILES string of the molecule is Cl.NC1CCC2CN(Cc3cc(C(F)(F)F)n[nH]3)CC12. The first kappa shape index (κ1) is 15.6. The Morgan fingerprint density at radius 2 is 2.10 bits per heavy atom. The Hall–Kier alpha value is -0.790. The lowest BCUT2D eigenvalue weighted by Gasteiger charge is -2.17. The molecule has 2 heterocycles. The summed E-state index contributed by atoms with van der Waals surface area (Å²) in [4.78, 5) is 2.17. The van der Waals surface area contributed by atoms with Crippen molar-refractivity contribution >= 4 is 12.4 Å². The van der Waals surface area contributed by atoms with Crippen molar-refractivity contribution in [2.75, 3.05) is 13.1 Å². The maximum absolute atomic E-state index is 12.4. The van der Waals surface area contributed by atoms with Gasteiger partial charge in [-0.05, 0) is 30.7 Å². The molecule has 1 aliphatic heterocycles. The third-order valence-electron chi connectivity index (χ3n) is 4.30. The zero-order chi connectivity index (χ0) is 13.6. The van der Waals surface area contributed by atoms with Crippen LogP contribution >= 0.6 is 12.4 Å². The minimum absolute atomic E-state index is 0. The second-order valence-corrected chi connectivity index (χ2v) is 5.64. The summed E-state index contributed by atoms with van der Waals surface area (Å²) in [5, 5.41) is 5.79. The Morgan fingerprint density at radius 1 is 1.35 bits per heavy atom. The van der Waals surface area contributed by atoms with E-state index in [2.05, 4.69) is 15.1 Å². The molecule has 114 valence electrons. The fraction of sp³-hybridized carbons (Fsp3) is 0.750. The number of hydrogen-bond donors (Lipinski definition) is 2. The number of alkyl halides is 3. The summed E-state index contributed by atoms with van der Waals surface area (Å²) in [6, 6.07) is 1.34. The zero-order valence-electron chi connectivity index (χ0n) is 10.9. The van der Waals surface area contributed by atoms with Crippen LogP contribution in [0.25, 0.3) is 0 Å². The first-order valence-corrected chi connectivity index (χ1v) is 6.53. The minimum Gasteiger partial charge on any atom is -0.327 e. The number of nitrogens with one attached hydrogen (secondary N) is 1. The highest BCUT2D eigenvalue weighted by Crippen LogP contribution is 2.37. The third-order valence-corrected chi connectivity index (χ3v) is 4.30. The van der Waals surface area contributed by atoms with E-state index >= 15 is 0 Å². The summed E-state index contributed by atoms with van der Waals surface area (Å²) in [6.07, 6.45) is -2.16. The van der Waals surface area contributed by atoms with Gasteiger partial charge in [-0.25, -0.2) is 0 Å². The minimum atomic E-state index is -4.38. The molecule has 8 heteroatoms. The standard InChI is InChI=1S/C12H17F3N4.ClH/c13-12(14,15)11-3-8(17-18-11)5-19-4-7-1-2-10(16)9(7)6-19;/h3,7,9-10H,1-2,4-6,16H2,(H,17,18);1H. The van der Waals surface area contributed by atoms with Gasteiger partial charge < -0.3 is 5.73 Å². The van der Waals surface area contributed by atoms with Gasteiger partial charge in [-0.15, -0.1) is 12.4 Å². The van der Waals surface area contributed by atoms with Crippen molar-refractivity contribution in [3.05, 3.63) is 17.5 Å². The lowest BCUT2D eigenvalue weighted by molar-refractivity contribution is -0.141. The molecule has 4 nitrogen and oxygen atoms in total. The van der Waals surface area contributed by atoms with Gasteiger partial charge >= 0.3 is 6.18 Å². The molecule has 1 aromatic heterocycles. The van der Waals surface area contributed by atoms with Crippen LogP contribution in [0.5, 0.6) is 0 Å². The molecule has 3 rings (SSSR count). The molecule has 2 fully saturated rings. The monoisotopic (exact) mass is 310 g/mol. The molecule has 1 saturated heterocycles. The Labute approximate surface area is 121 Å². The maximum Gasteiger partial charge on any atom is 0.435 e. The van der Waals surface area contributed by atoms with Crippen molar-refractivity contribution in [2.24, 2.45) is 17.6 Å². The maximum atomic E-state index is 12.4. The second-order valence-electron chi connectivity index (χ2n) is 5.64. The van der Waals surface area contributed by atoms with Crippen LogP contribution in [0.1, 0.15) is 24.2 Å². The summed E-state index contributed by atoms with van der Waals surface area (Å²) in [6.45, 7) is 2.30. The third kappa shape index (κ3) is 2.94. The molecule has 1 aliphatic carbocycles. The quantitative estimate of drug-likeness (QED) is 0.878. The lowest BCUT2D eigenvalue weighted by atomic mass is 9.98. The molecule has 20 heavy (non-hydrogen) atoms. The van der Waals surface area contributed by atoms with E-state index in [9.17, 15) is 13.2 Å². The van der Waals surface area contributed by atoms with Crippen LogP contribution in [-0.4, -0.2) is 34.2 Å². The van der Waals surface area contributed by atoms with Crippen LogP contribution in [0.15, 0.2) is 6.07 Å². The van der Waals surface area contributed by atoms with E-state index in [0.29, 0.717) is 24.1 Å². The number of aromatic amines is 1. The van der Waals surface area contributed by atoms with Crippen molar-refractivity contribution in [1.29, 1.82) is 0 Å². The fourth-order valence-corrected chi connectivity index (χ4v) is 3.36. The van der Waals surface area contributed by atoms with Crippen molar-refractivity contribution in [1.82, 2.24) is 15.1 Å². The highest BCUT2D eigenvalue weighted by molar-refractivity contribution is 5.85. The number of rotatable bonds is 2. The Bertz CT molecular complexity index is 462. The number of nitrogens with two attached hydrogens (primary N) is 1. The average molecular weight is 311 g/mol. The van der Waals surface area contributed by atoms with Gasteiger partial charge in [-0.2, -0.15) is 18.3 Å². The lowest BCUT2D eigenvalue weighted by Crippen LogP contribution is -2.30. The largest absolute Gasteiger partial charge is 0.435 e. The van der Waals surface area contributed by atoms with Gasteiger partial charge in [-0.1, -0.05) is 0 Å². The number of fused-ring (bicyclic) bond motifs is 1. The molecular weight excluding hydrogens is 293 g/mol.